The molecule has 0 bridgehead atoms. The van der Waals surface area contributed by atoms with Crippen molar-refractivity contribution in [2.75, 3.05) is 31.8 Å². The molecule has 1 amide bonds. The number of carbonyl (C=O) groups excluding carboxylic acids is 1. The molecule has 1 heterocycles. The second kappa shape index (κ2) is 6.27. The summed E-state index contributed by atoms with van der Waals surface area (Å²) in [5, 5.41) is 2.85. The minimum Gasteiger partial charge on any atom is -0.383 e. The highest BCUT2D eigenvalue weighted by molar-refractivity contribution is 7.99. The highest BCUT2D eigenvalue weighted by atomic mass is 32.2. The maximum Gasteiger partial charge on any atom is 0.239 e. The van der Waals surface area contributed by atoms with Crippen LogP contribution in [0.25, 0.3) is 0 Å². The molecule has 2 atom stereocenters. The van der Waals surface area contributed by atoms with Crippen LogP contribution in [0.1, 0.15) is 6.42 Å². The molecule has 0 radical (unpaired) electrons. The third kappa shape index (κ3) is 3.86. The van der Waals surface area contributed by atoms with E-state index in [1.54, 1.807) is 7.11 Å². The molecule has 0 aromatic rings. The van der Waals surface area contributed by atoms with Gasteiger partial charge in [0.05, 0.1) is 6.61 Å². The molecular weight excluding hydrogens is 200 g/mol. The van der Waals surface area contributed by atoms with Gasteiger partial charge in [-0.1, -0.05) is 0 Å². The second-order valence-corrected chi connectivity index (χ2v) is 4.69. The Kier molecular flexibility index (Phi) is 5.29. The van der Waals surface area contributed by atoms with Crippen LogP contribution in [0.5, 0.6) is 0 Å². The highest BCUT2D eigenvalue weighted by Crippen LogP contribution is 2.22. The van der Waals surface area contributed by atoms with Crippen molar-refractivity contribution in [3.8, 4) is 0 Å². The zero-order valence-electron chi connectivity index (χ0n) is 8.49. The summed E-state index contributed by atoms with van der Waals surface area (Å²) in [5.74, 6) is 2.88. The molecular formula is C9H18N2O2S. The number of ether oxygens (including phenoxy) is 1. The summed E-state index contributed by atoms with van der Waals surface area (Å²) in [4.78, 5) is 11.4. The van der Waals surface area contributed by atoms with Crippen LogP contribution in [0.15, 0.2) is 0 Å². The van der Waals surface area contributed by atoms with E-state index in [2.05, 4.69) is 5.32 Å². The third-order valence-corrected chi connectivity index (χ3v) is 3.50. The Bertz CT molecular complexity index is 184. The second-order valence-electron chi connectivity index (χ2n) is 3.54. The van der Waals surface area contributed by atoms with Crippen LogP contribution in [-0.2, 0) is 9.53 Å². The van der Waals surface area contributed by atoms with Gasteiger partial charge in [0.1, 0.15) is 6.04 Å². The normalized spacial score (nSPS) is 23.4. The molecule has 5 heteroatoms. The number of nitrogens with two attached hydrogens (primary N) is 1. The molecule has 2 unspecified atom stereocenters. The number of amides is 1. The van der Waals surface area contributed by atoms with E-state index in [0.29, 0.717) is 5.92 Å². The fraction of sp³-hybridized carbons (Fsp3) is 0.889. The van der Waals surface area contributed by atoms with Gasteiger partial charge < -0.3 is 15.8 Å². The average Bonchev–Trinajstić information content (AvgIpc) is 2.67. The van der Waals surface area contributed by atoms with Gasteiger partial charge in [0.2, 0.25) is 5.91 Å². The molecule has 1 aliphatic rings. The summed E-state index contributed by atoms with van der Waals surface area (Å²) in [6.45, 7) is 1.04. The van der Waals surface area contributed by atoms with Gasteiger partial charge >= 0.3 is 0 Å². The third-order valence-electron chi connectivity index (χ3n) is 2.27. The van der Waals surface area contributed by atoms with Crippen molar-refractivity contribution in [1.29, 1.82) is 0 Å². The van der Waals surface area contributed by atoms with Crippen molar-refractivity contribution in [2.24, 2.45) is 11.7 Å². The standard InChI is InChI=1S/C9H18N2O2S/c1-13-5-8(10)9(12)11-4-7-2-3-14-6-7/h7-8H,2-6,10H2,1H3,(H,11,12). The first-order valence-corrected chi connectivity index (χ1v) is 5.99. The van der Waals surface area contributed by atoms with Crippen molar-refractivity contribution in [3.63, 3.8) is 0 Å². The van der Waals surface area contributed by atoms with Crippen molar-refractivity contribution in [2.45, 2.75) is 12.5 Å². The van der Waals surface area contributed by atoms with Gasteiger partial charge in [0.15, 0.2) is 0 Å². The molecule has 1 fully saturated rings. The van der Waals surface area contributed by atoms with Gasteiger partial charge in [0.25, 0.3) is 0 Å². The van der Waals surface area contributed by atoms with E-state index in [0.717, 1.165) is 12.3 Å². The summed E-state index contributed by atoms with van der Waals surface area (Å²) in [6, 6.07) is -0.533. The first-order chi connectivity index (χ1) is 6.74. The first kappa shape index (κ1) is 11.8. The maximum absolute atomic E-state index is 11.4. The number of rotatable bonds is 5. The van der Waals surface area contributed by atoms with Crippen LogP contribution in [0.3, 0.4) is 0 Å². The summed E-state index contributed by atoms with van der Waals surface area (Å²) in [7, 11) is 1.54. The Morgan fingerprint density at radius 2 is 2.57 bits per heavy atom. The molecule has 0 aromatic heterocycles. The maximum atomic E-state index is 11.4. The topological polar surface area (TPSA) is 64.3 Å². The Labute approximate surface area is 88.9 Å². The smallest absolute Gasteiger partial charge is 0.239 e. The fourth-order valence-electron chi connectivity index (χ4n) is 1.38. The van der Waals surface area contributed by atoms with E-state index in [4.69, 9.17) is 10.5 Å². The fourth-order valence-corrected chi connectivity index (χ4v) is 2.66. The Morgan fingerprint density at radius 3 is 3.14 bits per heavy atom. The van der Waals surface area contributed by atoms with Crippen LogP contribution in [-0.4, -0.2) is 43.7 Å². The van der Waals surface area contributed by atoms with Gasteiger partial charge in [-0.3, -0.25) is 4.79 Å². The van der Waals surface area contributed by atoms with Gasteiger partial charge in [0, 0.05) is 13.7 Å². The lowest BCUT2D eigenvalue weighted by Gasteiger charge is -2.13. The van der Waals surface area contributed by atoms with E-state index >= 15 is 0 Å². The van der Waals surface area contributed by atoms with E-state index in [1.807, 2.05) is 11.8 Å². The van der Waals surface area contributed by atoms with Gasteiger partial charge in [-0.15, -0.1) is 0 Å². The van der Waals surface area contributed by atoms with Crippen molar-refractivity contribution in [3.05, 3.63) is 0 Å². The minimum absolute atomic E-state index is 0.108. The van der Waals surface area contributed by atoms with Gasteiger partial charge in [-0.05, 0) is 23.8 Å². The van der Waals surface area contributed by atoms with Crippen LogP contribution < -0.4 is 11.1 Å². The van der Waals surface area contributed by atoms with Crippen LogP contribution in [0, 0.1) is 5.92 Å². The average molecular weight is 218 g/mol. The van der Waals surface area contributed by atoms with E-state index in [9.17, 15) is 4.79 Å². The highest BCUT2D eigenvalue weighted by Gasteiger charge is 2.18. The molecule has 1 saturated heterocycles. The summed E-state index contributed by atoms with van der Waals surface area (Å²) < 4.78 is 4.81. The number of nitrogens with one attached hydrogen (secondary N) is 1. The first-order valence-electron chi connectivity index (χ1n) is 4.84. The molecule has 82 valence electrons. The molecule has 1 aliphatic heterocycles. The Hall–Kier alpha value is -0.260. The number of hydrogen-bond donors (Lipinski definition) is 2. The molecule has 14 heavy (non-hydrogen) atoms. The predicted molar refractivity (Wildman–Crippen MR) is 58.3 cm³/mol. The summed E-state index contributed by atoms with van der Waals surface area (Å²) >= 11 is 1.95. The van der Waals surface area contributed by atoms with Crippen molar-refractivity contribution >= 4 is 17.7 Å². The lowest BCUT2D eigenvalue weighted by Crippen LogP contribution is -2.44. The quantitative estimate of drug-likeness (QED) is 0.672. The number of hydrogen-bond acceptors (Lipinski definition) is 4. The minimum atomic E-state index is -0.533. The lowest BCUT2D eigenvalue weighted by molar-refractivity contribution is -0.123. The number of thioether (sulfide) groups is 1. The summed E-state index contributed by atoms with van der Waals surface area (Å²) in [5.41, 5.74) is 5.57. The lowest BCUT2D eigenvalue weighted by atomic mass is 10.1. The summed E-state index contributed by atoms with van der Waals surface area (Å²) in [6.07, 6.45) is 1.20. The molecule has 4 nitrogen and oxygen atoms in total. The zero-order valence-corrected chi connectivity index (χ0v) is 9.31. The van der Waals surface area contributed by atoms with Crippen LogP contribution in [0.2, 0.25) is 0 Å². The largest absolute Gasteiger partial charge is 0.383 e. The van der Waals surface area contributed by atoms with E-state index < -0.39 is 6.04 Å². The van der Waals surface area contributed by atoms with Crippen LogP contribution in [0.4, 0.5) is 0 Å². The predicted octanol–water partition coefficient (Wildman–Crippen LogP) is -0.171. The molecule has 0 spiro atoms. The van der Waals surface area contributed by atoms with E-state index in [1.165, 1.54) is 12.2 Å². The van der Waals surface area contributed by atoms with Crippen molar-refractivity contribution < 1.29 is 9.53 Å². The molecule has 0 saturated carbocycles. The van der Waals surface area contributed by atoms with Crippen molar-refractivity contribution in [1.82, 2.24) is 5.32 Å². The monoisotopic (exact) mass is 218 g/mol. The molecule has 0 aliphatic carbocycles. The Morgan fingerprint density at radius 1 is 1.79 bits per heavy atom. The molecule has 0 aromatic carbocycles. The zero-order chi connectivity index (χ0) is 10.4. The Balaban J connectivity index is 2.13. The van der Waals surface area contributed by atoms with Crippen LogP contribution >= 0.6 is 11.8 Å². The number of methoxy groups -OCH3 is 1. The van der Waals surface area contributed by atoms with Gasteiger partial charge in [-0.25, -0.2) is 0 Å². The molecule has 1 rings (SSSR count). The number of carbonyl (C=O) groups is 1. The SMILES string of the molecule is COCC(N)C(=O)NCC1CCSC1. The van der Waals surface area contributed by atoms with E-state index in [-0.39, 0.29) is 12.5 Å². The van der Waals surface area contributed by atoms with Gasteiger partial charge in [-0.2, -0.15) is 11.8 Å². The molecule has 3 N–H and O–H groups in total.